The summed E-state index contributed by atoms with van der Waals surface area (Å²) in [7, 11) is 0. The Balaban J connectivity index is 1.95. The molecule has 2 aliphatic carbocycles. The summed E-state index contributed by atoms with van der Waals surface area (Å²) in [6.07, 6.45) is 27.5. The third kappa shape index (κ3) is 10.5. The van der Waals surface area contributed by atoms with Crippen molar-refractivity contribution in [1.82, 2.24) is 0 Å². The fraction of sp³-hybridized carbons (Fsp3) is 0.400. The Morgan fingerprint density at radius 2 is 0.864 bits per heavy atom. The highest BCUT2D eigenvalue weighted by atomic mass is 16.3. The van der Waals surface area contributed by atoms with Crippen LogP contribution in [-0.2, 0) is 9.59 Å². The summed E-state index contributed by atoms with van der Waals surface area (Å²) in [5.74, 6) is -0.350. The molecule has 0 aromatic rings. The maximum atomic E-state index is 12.2. The van der Waals surface area contributed by atoms with E-state index in [0.29, 0.717) is 24.0 Å². The molecule has 236 valence electrons. The molecule has 0 heterocycles. The van der Waals surface area contributed by atoms with Crippen molar-refractivity contribution in [3.63, 3.8) is 0 Å². The van der Waals surface area contributed by atoms with Gasteiger partial charge in [-0.3, -0.25) is 9.59 Å². The predicted octanol–water partition coefficient (Wildman–Crippen LogP) is 8.91. The van der Waals surface area contributed by atoms with Crippen molar-refractivity contribution >= 4 is 11.6 Å². The van der Waals surface area contributed by atoms with Gasteiger partial charge in [-0.25, -0.2) is 0 Å². The van der Waals surface area contributed by atoms with E-state index in [0.717, 1.165) is 33.4 Å². The van der Waals surface area contributed by atoms with Crippen LogP contribution in [-0.4, -0.2) is 34.0 Å². The number of hydrogen-bond donors (Lipinski definition) is 2. The molecule has 44 heavy (non-hydrogen) atoms. The number of rotatable bonds is 10. The number of allylic oxidation sites excluding steroid dienone is 20. The minimum absolute atomic E-state index is 0.175. The molecular weight excluding hydrogens is 544 g/mol. The molecule has 2 unspecified atom stereocenters. The molecule has 4 nitrogen and oxygen atoms in total. The van der Waals surface area contributed by atoms with Gasteiger partial charge in [-0.2, -0.15) is 0 Å². The smallest absolute Gasteiger partial charge is 0.187 e. The molecular formula is C40H52O4. The van der Waals surface area contributed by atoms with E-state index in [1.54, 1.807) is 13.8 Å². The average Bonchev–Trinajstić information content (AvgIpc) is 2.92. The SMILES string of the molecule is CC1=C(/C=C/C(C)=C\C=C/C(C)=C/C=C/C=C(C)/C=C\C=C(C)/C=C/C2=C(C)C(=O)C(O)CC2(C)C)C(C)(C)CC(O)C1=O. The highest BCUT2D eigenvalue weighted by Gasteiger charge is 2.37. The second-order valence-electron chi connectivity index (χ2n) is 13.4. The number of aliphatic hydroxyl groups excluding tert-OH is 2. The van der Waals surface area contributed by atoms with Crippen LogP contribution in [0.4, 0.5) is 0 Å². The first kappa shape index (κ1) is 36.6. The van der Waals surface area contributed by atoms with E-state index in [1.165, 1.54) is 0 Å². The van der Waals surface area contributed by atoms with E-state index < -0.39 is 12.2 Å². The van der Waals surface area contributed by atoms with Gasteiger partial charge in [-0.1, -0.05) is 135 Å². The number of aliphatic hydroxyl groups is 2. The fourth-order valence-corrected chi connectivity index (χ4v) is 5.62. The average molecular weight is 597 g/mol. The summed E-state index contributed by atoms with van der Waals surface area (Å²) in [5.41, 5.74) is 7.16. The first-order chi connectivity index (χ1) is 20.5. The normalized spacial score (nSPS) is 24.5. The van der Waals surface area contributed by atoms with E-state index in [9.17, 15) is 19.8 Å². The van der Waals surface area contributed by atoms with Gasteiger partial charge >= 0.3 is 0 Å². The summed E-state index contributed by atoms with van der Waals surface area (Å²) in [6.45, 7) is 20.0. The van der Waals surface area contributed by atoms with Crippen LogP contribution in [0.15, 0.2) is 130 Å². The van der Waals surface area contributed by atoms with Gasteiger partial charge in [-0.05, 0) is 87.5 Å². The maximum absolute atomic E-state index is 12.2. The van der Waals surface area contributed by atoms with Gasteiger partial charge in [0, 0.05) is 0 Å². The molecule has 2 N–H and O–H groups in total. The van der Waals surface area contributed by atoms with E-state index in [2.05, 4.69) is 65.8 Å². The zero-order chi connectivity index (χ0) is 33.2. The molecule has 0 radical (unpaired) electrons. The topological polar surface area (TPSA) is 74.6 Å². The highest BCUT2D eigenvalue weighted by molar-refractivity contribution is 6.01. The Kier molecular flexibility index (Phi) is 13.2. The zero-order valence-corrected chi connectivity index (χ0v) is 28.4. The van der Waals surface area contributed by atoms with Crippen LogP contribution in [0.25, 0.3) is 0 Å². The highest BCUT2D eigenvalue weighted by Crippen LogP contribution is 2.40. The molecule has 0 bridgehead atoms. The first-order valence-electron chi connectivity index (χ1n) is 15.4. The number of carbonyl (C=O) groups excluding carboxylic acids is 2. The monoisotopic (exact) mass is 596 g/mol. The minimum atomic E-state index is -0.907. The molecule has 0 saturated carbocycles. The number of carbonyl (C=O) groups is 2. The molecule has 2 aliphatic rings. The zero-order valence-electron chi connectivity index (χ0n) is 28.4. The van der Waals surface area contributed by atoms with Gasteiger partial charge in [0.1, 0.15) is 12.2 Å². The maximum Gasteiger partial charge on any atom is 0.187 e. The van der Waals surface area contributed by atoms with Crippen LogP contribution in [0.2, 0.25) is 0 Å². The molecule has 0 saturated heterocycles. The molecule has 0 spiro atoms. The second kappa shape index (κ2) is 15.9. The third-order valence-corrected chi connectivity index (χ3v) is 8.31. The van der Waals surface area contributed by atoms with Crippen LogP contribution in [0.3, 0.4) is 0 Å². The van der Waals surface area contributed by atoms with Gasteiger partial charge in [0.05, 0.1) is 0 Å². The predicted molar refractivity (Wildman–Crippen MR) is 185 cm³/mol. The summed E-state index contributed by atoms with van der Waals surface area (Å²) in [4.78, 5) is 24.5. The lowest BCUT2D eigenvalue weighted by molar-refractivity contribution is -0.126. The van der Waals surface area contributed by atoms with Crippen LogP contribution >= 0.6 is 0 Å². The van der Waals surface area contributed by atoms with E-state index in [-0.39, 0.29) is 22.4 Å². The lowest BCUT2D eigenvalue weighted by atomic mass is 9.71. The largest absolute Gasteiger partial charge is 0.385 e. The molecule has 2 atom stereocenters. The number of hydrogen-bond acceptors (Lipinski definition) is 4. The van der Waals surface area contributed by atoms with E-state index in [1.807, 2.05) is 74.6 Å². The summed E-state index contributed by atoms with van der Waals surface area (Å²) in [6, 6.07) is 0. The van der Waals surface area contributed by atoms with Crippen molar-refractivity contribution in [2.24, 2.45) is 10.8 Å². The van der Waals surface area contributed by atoms with Crippen molar-refractivity contribution in [2.75, 3.05) is 0 Å². The Morgan fingerprint density at radius 1 is 0.568 bits per heavy atom. The lowest BCUT2D eigenvalue weighted by Gasteiger charge is -2.34. The number of ketones is 2. The van der Waals surface area contributed by atoms with Crippen molar-refractivity contribution < 1.29 is 19.8 Å². The van der Waals surface area contributed by atoms with Crippen LogP contribution in [0.1, 0.15) is 82.1 Å². The third-order valence-electron chi connectivity index (χ3n) is 8.31. The molecule has 0 aliphatic heterocycles. The van der Waals surface area contributed by atoms with Crippen LogP contribution in [0.5, 0.6) is 0 Å². The van der Waals surface area contributed by atoms with Gasteiger partial charge in [0.25, 0.3) is 0 Å². The summed E-state index contributed by atoms with van der Waals surface area (Å²) < 4.78 is 0. The molecule has 4 heteroatoms. The van der Waals surface area contributed by atoms with Crippen molar-refractivity contribution in [3.05, 3.63) is 130 Å². The van der Waals surface area contributed by atoms with Gasteiger partial charge < -0.3 is 10.2 Å². The van der Waals surface area contributed by atoms with E-state index in [4.69, 9.17) is 0 Å². The van der Waals surface area contributed by atoms with Crippen molar-refractivity contribution in [1.29, 1.82) is 0 Å². The molecule has 0 fully saturated rings. The Hall–Kier alpha value is -3.60. The summed E-state index contributed by atoms with van der Waals surface area (Å²) in [5, 5.41) is 20.0. The first-order valence-corrected chi connectivity index (χ1v) is 15.4. The van der Waals surface area contributed by atoms with Gasteiger partial charge in [0.15, 0.2) is 11.6 Å². The second-order valence-corrected chi connectivity index (χ2v) is 13.4. The van der Waals surface area contributed by atoms with Gasteiger partial charge in [-0.15, -0.1) is 0 Å². The molecule has 0 aromatic carbocycles. The molecule has 0 aromatic heterocycles. The Bertz CT molecular complexity index is 1340. The standard InChI is InChI=1S/C40H52O4/c1-27(17-13-19-29(3)21-23-33-31(5)37(43)35(41)25-39(33,7)8)15-11-12-16-28(2)18-14-20-30(4)22-24-34-32(6)38(44)36(42)26-40(34,9)10/h11-24,35-36,41-42H,25-26H2,1-10H3/b12-11+,17-13-,18-14-,23-21+,24-22+,27-15+,28-16+,29-19-,30-20-. The van der Waals surface area contributed by atoms with Gasteiger partial charge in [0.2, 0.25) is 0 Å². The number of Topliss-reactive ketones (excluding diaryl/α,β-unsaturated/α-hetero) is 2. The molecule has 2 rings (SSSR count). The van der Waals surface area contributed by atoms with E-state index >= 15 is 0 Å². The summed E-state index contributed by atoms with van der Waals surface area (Å²) >= 11 is 0. The van der Waals surface area contributed by atoms with Crippen molar-refractivity contribution in [3.8, 4) is 0 Å². The molecule has 0 amide bonds. The fourth-order valence-electron chi connectivity index (χ4n) is 5.62. The lowest BCUT2D eigenvalue weighted by Crippen LogP contribution is -2.35. The Labute approximate surface area is 265 Å². The quantitative estimate of drug-likeness (QED) is 0.247. The van der Waals surface area contributed by atoms with Crippen LogP contribution < -0.4 is 0 Å². The van der Waals surface area contributed by atoms with Crippen LogP contribution in [0, 0.1) is 10.8 Å². The Morgan fingerprint density at radius 3 is 1.20 bits per heavy atom. The minimum Gasteiger partial charge on any atom is -0.385 e. The van der Waals surface area contributed by atoms with Crippen molar-refractivity contribution in [2.45, 2.75) is 94.3 Å².